The van der Waals surface area contributed by atoms with E-state index >= 15 is 0 Å². The molecule has 1 saturated heterocycles. The smallest absolute Gasteiger partial charge is 0.224 e. The van der Waals surface area contributed by atoms with Gasteiger partial charge in [-0.3, -0.25) is 4.79 Å². The molecule has 2 heterocycles. The van der Waals surface area contributed by atoms with Gasteiger partial charge in [0.1, 0.15) is 23.7 Å². The highest BCUT2D eigenvalue weighted by molar-refractivity contribution is 5.90. The van der Waals surface area contributed by atoms with Crippen molar-refractivity contribution in [1.82, 2.24) is 9.97 Å². The number of piperidine rings is 1. The lowest BCUT2D eigenvalue weighted by Crippen LogP contribution is -2.36. The van der Waals surface area contributed by atoms with E-state index < -0.39 is 0 Å². The van der Waals surface area contributed by atoms with Gasteiger partial charge in [-0.05, 0) is 56.4 Å². The van der Waals surface area contributed by atoms with Crippen LogP contribution in [-0.4, -0.2) is 42.6 Å². The maximum Gasteiger partial charge on any atom is 0.224 e. The number of aromatic nitrogens is 2. The van der Waals surface area contributed by atoms with Gasteiger partial charge < -0.3 is 20.3 Å². The van der Waals surface area contributed by atoms with E-state index in [1.54, 1.807) is 13.4 Å². The zero-order valence-corrected chi connectivity index (χ0v) is 16.6. The summed E-state index contributed by atoms with van der Waals surface area (Å²) in [6.45, 7) is 4.81. The summed E-state index contributed by atoms with van der Waals surface area (Å²) in [5.41, 5.74) is 0.799. The molecule has 1 unspecified atom stereocenters. The molecular weight excluding hydrogens is 354 g/mol. The molecule has 150 valence electrons. The standard InChI is InChI=1S/C21H29N5O2/c1-3-22-19-13-20(24-15-23-19)26-12-4-5-16(14-26)6-11-21(27)25-17-7-9-18(28-2)10-8-17/h7-10,13,15-16H,3-6,11-12,14H2,1-2H3,(H,25,27)(H,22,23,24). The van der Waals surface area contributed by atoms with E-state index in [9.17, 15) is 4.79 Å². The molecule has 1 aliphatic heterocycles. The minimum atomic E-state index is 0.0544. The van der Waals surface area contributed by atoms with Gasteiger partial charge in [-0.1, -0.05) is 0 Å². The van der Waals surface area contributed by atoms with Crippen molar-refractivity contribution in [3.63, 3.8) is 0 Å². The second-order valence-corrected chi connectivity index (χ2v) is 7.06. The molecule has 28 heavy (non-hydrogen) atoms. The Morgan fingerprint density at radius 1 is 1.29 bits per heavy atom. The van der Waals surface area contributed by atoms with Gasteiger partial charge in [-0.2, -0.15) is 0 Å². The number of anilines is 3. The third kappa shape index (κ3) is 5.58. The number of hydrogen-bond donors (Lipinski definition) is 2. The summed E-state index contributed by atoms with van der Waals surface area (Å²) in [5.74, 6) is 3.14. The molecule has 1 amide bonds. The van der Waals surface area contributed by atoms with Crippen molar-refractivity contribution in [2.75, 3.05) is 42.3 Å². The van der Waals surface area contributed by atoms with Crippen LogP contribution in [0.25, 0.3) is 0 Å². The molecule has 1 fully saturated rings. The van der Waals surface area contributed by atoms with Gasteiger partial charge in [0, 0.05) is 37.8 Å². The molecule has 1 aliphatic rings. The zero-order valence-electron chi connectivity index (χ0n) is 16.6. The van der Waals surface area contributed by atoms with Crippen molar-refractivity contribution >= 4 is 23.2 Å². The number of methoxy groups -OCH3 is 1. The third-order valence-electron chi connectivity index (χ3n) is 5.01. The van der Waals surface area contributed by atoms with Gasteiger partial charge in [-0.15, -0.1) is 0 Å². The Morgan fingerprint density at radius 3 is 2.86 bits per heavy atom. The molecule has 2 aromatic rings. The van der Waals surface area contributed by atoms with E-state index in [0.29, 0.717) is 12.3 Å². The van der Waals surface area contributed by atoms with E-state index in [2.05, 4.69) is 32.4 Å². The maximum absolute atomic E-state index is 12.3. The van der Waals surface area contributed by atoms with E-state index in [4.69, 9.17) is 4.74 Å². The quantitative estimate of drug-likeness (QED) is 0.726. The first kappa shape index (κ1) is 19.9. The summed E-state index contributed by atoms with van der Waals surface area (Å²) >= 11 is 0. The lowest BCUT2D eigenvalue weighted by atomic mass is 9.93. The summed E-state index contributed by atoms with van der Waals surface area (Å²) in [6.07, 6.45) is 5.28. The first-order valence-electron chi connectivity index (χ1n) is 9.92. The fourth-order valence-electron chi connectivity index (χ4n) is 3.54. The van der Waals surface area contributed by atoms with Gasteiger partial charge in [-0.25, -0.2) is 9.97 Å². The van der Waals surface area contributed by atoms with E-state index in [1.165, 1.54) is 0 Å². The molecule has 0 spiro atoms. The Balaban J connectivity index is 1.49. The summed E-state index contributed by atoms with van der Waals surface area (Å²) in [7, 11) is 1.63. The molecule has 7 heteroatoms. The Hall–Kier alpha value is -2.83. The molecule has 3 rings (SSSR count). The van der Waals surface area contributed by atoms with Gasteiger partial charge in [0.2, 0.25) is 5.91 Å². The number of hydrogen-bond acceptors (Lipinski definition) is 6. The van der Waals surface area contributed by atoms with Crippen LogP contribution in [0.1, 0.15) is 32.6 Å². The SMILES string of the molecule is CCNc1cc(N2CCCC(CCC(=O)Nc3ccc(OC)cc3)C2)ncn1. The zero-order chi connectivity index (χ0) is 19.8. The second kappa shape index (κ2) is 9.92. The predicted molar refractivity (Wildman–Crippen MR) is 112 cm³/mol. The molecule has 2 N–H and O–H groups in total. The topological polar surface area (TPSA) is 79.4 Å². The molecule has 0 radical (unpaired) electrons. The molecule has 7 nitrogen and oxygen atoms in total. The van der Waals surface area contributed by atoms with Crippen LogP contribution in [0.3, 0.4) is 0 Å². The molecular formula is C21H29N5O2. The van der Waals surface area contributed by atoms with Crippen LogP contribution in [0, 0.1) is 5.92 Å². The summed E-state index contributed by atoms with van der Waals surface area (Å²) in [6, 6.07) is 9.41. The van der Waals surface area contributed by atoms with Crippen molar-refractivity contribution in [2.45, 2.75) is 32.6 Å². The van der Waals surface area contributed by atoms with Crippen molar-refractivity contribution in [3.05, 3.63) is 36.7 Å². The molecule has 1 aromatic carbocycles. The summed E-state index contributed by atoms with van der Waals surface area (Å²) in [4.78, 5) is 23.3. The highest BCUT2D eigenvalue weighted by atomic mass is 16.5. The highest BCUT2D eigenvalue weighted by Crippen LogP contribution is 2.25. The second-order valence-electron chi connectivity index (χ2n) is 7.06. The lowest BCUT2D eigenvalue weighted by molar-refractivity contribution is -0.116. The summed E-state index contributed by atoms with van der Waals surface area (Å²) in [5, 5.41) is 6.19. The number of nitrogens with one attached hydrogen (secondary N) is 2. The van der Waals surface area contributed by atoms with E-state index in [1.807, 2.05) is 30.3 Å². The van der Waals surface area contributed by atoms with Crippen molar-refractivity contribution in [2.24, 2.45) is 5.92 Å². The normalized spacial score (nSPS) is 16.5. The monoisotopic (exact) mass is 383 g/mol. The molecule has 0 bridgehead atoms. The van der Waals surface area contributed by atoms with Crippen LogP contribution in [-0.2, 0) is 4.79 Å². The van der Waals surface area contributed by atoms with Crippen LogP contribution >= 0.6 is 0 Å². The number of rotatable bonds is 8. The van der Waals surface area contributed by atoms with Crippen LogP contribution < -0.4 is 20.3 Å². The Bertz CT molecular complexity index is 766. The Labute approximate surface area is 166 Å². The minimum Gasteiger partial charge on any atom is -0.497 e. The average molecular weight is 383 g/mol. The molecule has 1 aromatic heterocycles. The van der Waals surface area contributed by atoms with Crippen LogP contribution in [0.5, 0.6) is 5.75 Å². The Morgan fingerprint density at radius 2 is 2.11 bits per heavy atom. The van der Waals surface area contributed by atoms with Crippen molar-refractivity contribution < 1.29 is 9.53 Å². The summed E-state index contributed by atoms with van der Waals surface area (Å²) < 4.78 is 5.14. The number of benzene rings is 1. The van der Waals surface area contributed by atoms with Crippen molar-refractivity contribution in [1.29, 1.82) is 0 Å². The highest BCUT2D eigenvalue weighted by Gasteiger charge is 2.22. The first-order chi connectivity index (χ1) is 13.7. The Kier molecular flexibility index (Phi) is 7.06. The largest absolute Gasteiger partial charge is 0.497 e. The lowest BCUT2D eigenvalue weighted by Gasteiger charge is -2.33. The van der Waals surface area contributed by atoms with Gasteiger partial charge in [0.25, 0.3) is 0 Å². The van der Waals surface area contributed by atoms with Crippen molar-refractivity contribution in [3.8, 4) is 5.75 Å². The van der Waals surface area contributed by atoms with Crippen LogP contribution in [0.4, 0.5) is 17.3 Å². The maximum atomic E-state index is 12.3. The minimum absolute atomic E-state index is 0.0544. The average Bonchev–Trinajstić information content (AvgIpc) is 2.73. The van der Waals surface area contributed by atoms with Gasteiger partial charge in [0.15, 0.2) is 0 Å². The fraction of sp³-hybridized carbons (Fsp3) is 0.476. The number of carbonyl (C=O) groups excluding carboxylic acids is 1. The molecule has 0 aliphatic carbocycles. The van der Waals surface area contributed by atoms with Crippen LogP contribution in [0.15, 0.2) is 36.7 Å². The predicted octanol–water partition coefficient (Wildman–Crippen LogP) is 3.55. The molecule has 0 saturated carbocycles. The number of ether oxygens (including phenoxy) is 1. The van der Waals surface area contributed by atoms with Gasteiger partial charge >= 0.3 is 0 Å². The fourth-order valence-corrected chi connectivity index (χ4v) is 3.54. The van der Waals surface area contributed by atoms with E-state index in [-0.39, 0.29) is 5.91 Å². The third-order valence-corrected chi connectivity index (χ3v) is 5.01. The van der Waals surface area contributed by atoms with Crippen LogP contribution in [0.2, 0.25) is 0 Å². The van der Waals surface area contributed by atoms with Gasteiger partial charge in [0.05, 0.1) is 7.11 Å². The molecule has 1 atom stereocenters. The number of amides is 1. The van der Waals surface area contributed by atoms with E-state index in [0.717, 1.165) is 62.0 Å². The number of nitrogens with zero attached hydrogens (tertiary/aromatic N) is 3. The first-order valence-corrected chi connectivity index (χ1v) is 9.92. The number of carbonyl (C=O) groups is 1.